The van der Waals surface area contributed by atoms with Crippen LogP contribution >= 0.6 is 0 Å². The third-order valence-electron chi connectivity index (χ3n) is 7.42. The van der Waals surface area contributed by atoms with E-state index in [1.165, 1.54) is 5.56 Å². The van der Waals surface area contributed by atoms with Crippen molar-refractivity contribution in [3.8, 4) is 0 Å². The van der Waals surface area contributed by atoms with Gasteiger partial charge in [0.2, 0.25) is 0 Å². The molecule has 5 atom stereocenters. The van der Waals surface area contributed by atoms with Crippen LogP contribution in [0.2, 0.25) is 18.1 Å². The van der Waals surface area contributed by atoms with Crippen LogP contribution in [0, 0.1) is 17.8 Å². The number of aliphatic hydroxyl groups excluding tert-OH is 1. The van der Waals surface area contributed by atoms with Gasteiger partial charge >= 0.3 is 0 Å². The SMILES string of the molecule is C[C@@H]([C@@H](O)[C@@H](C)COCc1ccccc1)[C@@H](O[Si](C)(C)C(C)(C)C)[C@@H](C)COCc1ccccc1. The molecule has 0 fully saturated rings. The van der Waals surface area contributed by atoms with Crippen molar-refractivity contribution in [3.63, 3.8) is 0 Å². The van der Waals surface area contributed by atoms with Crippen molar-refractivity contribution in [2.45, 2.75) is 85.1 Å². The summed E-state index contributed by atoms with van der Waals surface area (Å²) in [5, 5.41) is 11.4. The van der Waals surface area contributed by atoms with Crippen LogP contribution in [0.3, 0.4) is 0 Å². The molecule has 5 heteroatoms. The van der Waals surface area contributed by atoms with E-state index in [1.54, 1.807) is 0 Å². The van der Waals surface area contributed by atoms with Gasteiger partial charge in [0.1, 0.15) is 0 Å². The molecule has 0 aliphatic rings. The van der Waals surface area contributed by atoms with Crippen molar-refractivity contribution < 1.29 is 19.0 Å². The molecule has 0 saturated heterocycles. The average molecular weight is 501 g/mol. The summed E-state index contributed by atoms with van der Waals surface area (Å²) in [5.74, 6) is 0.0985. The summed E-state index contributed by atoms with van der Waals surface area (Å²) in [6.07, 6.45) is -0.629. The number of benzene rings is 2. The van der Waals surface area contributed by atoms with E-state index in [0.29, 0.717) is 26.4 Å². The van der Waals surface area contributed by atoms with Crippen molar-refractivity contribution in [1.82, 2.24) is 0 Å². The molecule has 1 N–H and O–H groups in total. The van der Waals surface area contributed by atoms with Crippen LogP contribution in [-0.2, 0) is 27.1 Å². The Morgan fingerprint density at radius 1 is 0.743 bits per heavy atom. The molecule has 0 saturated carbocycles. The third-order valence-corrected chi connectivity index (χ3v) is 11.9. The third kappa shape index (κ3) is 9.47. The maximum absolute atomic E-state index is 11.3. The van der Waals surface area contributed by atoms with Crippen molar-refractivity contribution in [2.75, 3.05) is 13.2 Å². The van der Waals surface area contributed by atoms with Crippen LogP contribution in [0.5, 0.6) is 0 Å². The minimum absolute atomic E-state index is 0.00309. The molecule has 0 aliphatic carbocycles. The summed E-state index contributed by atoms with van der Waals surface area (Å²) in [5.41, 5.74) is 2.31. The highest BCUT2D eigenvalue weighted by Gasteiger charge is 2.43. The van der Waals surface area contributed by atoms with Gasteiger partial charge in [-0.25, -0.2) is 0 Å². The predicted octanol–water partition coefficient (Wildman–Crippen LogP) is 7.08. The molecule has 0 spiro atoms. The molecule has 0 aromatic heterocycles. The molecule has 4 nitrogen and oxygen atoms in total. The summed E-state index contributed by atoms with van der Waals surface area (Å²) in [6, 6.07) is 20.4. The Kier molecular flexibility index (Phi) is 11.6. The quantitative estimate of drug-likeness (QED) is 0.282. The predicted molar refractivity (Wildman–Crippen MR) is 148 cm³/mol. The minimum atomic E-state index is -2.04. The molecular formula is C30H48O4Si. The van der Waals surface area contributed by atoms with E-state index in [2.05, 4.69) is 78.9 Å². The monoisotopic (exact) mass is 500 g/mol. The van der Waals surface area contributed by atoms with E-state index in [1.807, 2.05) is 36.4 Å². The van der Waals surface area contributed by atoms with E-state index in [4.69, 9.17) is 13.9 Å². The highest BCUT2D eigenvalue weighted by molar-refractivity contribution is 6.74. The molecular weight excluding hydrogens is 452 g/mol. The lowest BCUT2D eigenvalue weighted by molar-refractivity contribution is -0.0578. The number of rotatable bonds is 14. The van der Waals surface area contributed by atoms with Gasteiger partial charge in [-0.1, -0.05) is 102 Å². The maximum atomic E-state index is 11.3. The summed E-state index contributed by atoms with van der Waals surface area (Å²) < 4.78 is 19.0. The van der Waals surface area contributed by atoms with Gasteiger partial charge in [0.15, 0.2) is 8.32 Å². The fourth-order valence-electron chi connectivity index (χ4n) is 4.04. The Labute approximate surface area is 215 Å². The van der Waals surface area contributed by atoms with Gasteiger partial charge in [-0.05, 0) is 29.3 Å². The lowest BCUT2D eigenvalue weighted by Crippen LogP contribution is -2.50. The first-order valence-corrected chi connectivity index (χ1v) is 15.9. The Balaban J connectivity index is 2.03. The van der Waals surface area contributed by atoms with Crippen molar-refractivity contribution >= 4 is 8.32 Å². The van der Waals surface area contributed by atoms with E-state index < -0.39 is 14.4 Å². The van der Waals surface area contributed by atoms with Crippen LogP contribution in [-0.4, -0.2) is 38.8 Å². The van der Waals surface area contributed by atoms with E-state index in [9.17, 15) is 5.11 Å². The van der Waals surface area contributed by atoms with E-state index in [-0.39, 0.29) is 28.9 Å². The lowest BCUT2D eigenvalue weighted by Gasteiger charge is -2.44. The normalized spacial score (nSPS) is 16.9. The van der Waals surface area contributed by atoms with Crippen molar-refractivity contribution in [3.05, 3.63) is 71.8 Å². The number of hydrogen-bond donors (Lipinski definition) is 1. The average Bonchev–Trinajstić information content (AvgIpc) is 2.82. The Morgan fingerprint density at radius 3 is 1.60 bits per heavy atom. The zero-order chi connectivity index (χ0) is 26.1. The second-order valence-corrected chi connectivity index (χ2v) is 16.4. The van der Waals surface area contributed by atoms with Crippen molar-refractivity contribution in [2.24, 2.45) is 17.8 Å². The van der Waals surface area contributed by atoms with Crippen molar-refractivity contribution in [1.29, 1.82) is 0 Å². The van der Waals surface area contributed by atoms with Crippen LogP contribution in [0.25, 0.3) is 0 Å². The van der Waals surface area contributed by atoms with Gasteiger partial charge in [-0.15, -0.1) is 0 Å². The lowest BCUT2D eigenvalue weighted by atomic mass is 9.84. The first kappa shape index (κ1) is 29.7. The molecule has 0 amide bonds. The summed E-state index contributed by atoms with van der Waals surface area (Å²) >= 11 is 0. The van der Waals surface area contributed by atoms with Gasteiger partial charge < -0.3 is 19.0 Å². The van der Waals surface area contributed by atoms with Gasteiger partial charge in [0.05, 0.1) is 38.6 Å². The molecule has 35 heavy (non-hydrogen) atoms. The molecule has 0 heterocycles. The van der Waals surface area contributed by atoms with Crippen LogP contribution in [0.15, 0.2) is 60.7 Å². The Hall–Kier alpha value is -1.50. The molecule has 0 aliphatic heterocycles. The second kappa shape index (κ2) is 13.7. The molecule has 2 rings (SSSR count). The number of hydrogen-bond acceptors (Lipinski definition) is 4. The fraction of sp³-hybridized carbons (Fsp3) is 0.600. The van der Waals surface area contributed by atoms with Gasteiger partial charge in [-0.3, -0.25) is 0 Å². The maximum Gasteiger partial charge on any atom is 0.192 e. The first-order valence-electron chi connectivity index (χ1n) is 13.0. The standard InChI is InChI=1S/C30H48O4Si/c1-23(19-32-21-26-15-11-9-12-16-26)28(31)25(3)29(34-35(7,8)30(4,5)6)24(2)20-33-22-27-17-13-10-14-18-27/h9-18,23-25,28-29,31H,19-22H2,1-8H3/t23-,24-,25-,28-,29-/m0/s1. The number of ether oxygens (including phenoxy) is 2. The van der Waals surface area contributed by atoms with Gasteiger partial charge in [0, 0.05) is 17.8 Å². The minimum Gasteiger partial charge on any atom is -0.413 e. The van der Waals surface area contributed by atoms with Gasteiger partial charge in [-0.2, -0.15) is 0 Å². The smallest absolute Gasteiger partial charge is 0.192 e. The molecule has 2 aromatic rings. The zero-order valence-corrected chi connectivity index (χ0v) is 24.2. The van der Waals surface area contributed by atoms with E-state index >= 15 is 0 Å². The molecule has 0 unspecified atom stereocenters. The van der Waals surface area contributed by atoms with Gasteiger partial charge in [0.25, 0.3) is 0 Å². The second-order valence-electron chi connectivity index (χ2n) is 11.6. The molecule has 196 valence electrons. The fourth-order valence-corrected chi connectivity index (χ4v) is 5.52. The number of aliphatic hydroxyl groups is 1. The molecule has 0 bridgehead atoms. The summed E-state index contributed by atoms with van der Waals surface area (Å²) in [6.45, 7) is 19.9. The summed E-state index contributed by atoms with van der Waals surface area (Å²) in [7, 11) is -2.04. The summed E-state index contributed by atoms with van der Waals surface area (Å²) in [4.78, 5) is 0. The topological polar surface area (TPSA) is 47.9 Å². The van der Waals surface area contributed by atoms with E-state index in [0.717, 1.165) is 5.56 Å². The first-order chi connectivity index (χ1) is 16.4. The Bertz CT molecular complexity index is 834. The highest BCUT2D eigenvalue weighted by Crippen LogP contribution is 2.40. The largest absolute Gasteiger partial charge is 0.413 e. The van der Waals surface area contributed by atoms with Crippen LogP contribution < -0.4 is 0 Å². The van der Waals surface area contributed by atoms with Crippen LogP contribution in [0.1, 0.15) is 52.7 Å². The van der Waals surface area contributed by atoms with Crippen LogP contribution in [0.4, 0.5) is 0 Å². The molecule has 2 aromatic carbocycles. The zero-order valence-electron chi connectivity index (χ0n) is 23.2. The highest BCUT2D eigenvalue weighted by atomic mass is 28.4. The molecule has 0 radical (unpaired) electrons. The Morgan fingerprint density at radius 2 is 1.17 bits per heavy atom.